The number of hydrogen-bond donors (Lipinski definition) is 3. The third-order valence-corrected chi connectivity index (χ3v) is 4.47. The van der Waals surface area contributed by atoms with Crippen molar-refractivity contribution in [3.8, 4) is 0 Å². The summed E-state index contributed by atoms with van der Waals surface area (Å²) in [6.45, 7) is 2.54. The molecule has 0 radical (unpaired) electrons. The van der Waals surface area contributed by atoms with E-state index in [9.17, 15) is 15.3 Å². The standard InChI is InChI=1S/C19H36O5/c1-2-3-4-5-6-7-8-9-10-11-12-13-23-19-17(14-20)24-15-16(21)18(19)22/h9-10,16-22H,2-8,11-15H2,1H3/b10-9+/t16-,17+,18+,19+/m0/s1. The minimum Gasteiger partial charge on any atom is -0.394 e. The van der Waals surface area contributed by atoms with Crippen molar-refractivity contribution in [1.82, 2.24) is 0 Å². The molecule has 142 valence electrons. The van der Waals surface area contributed by atoms with E-state index >= 15 is 0 Å². The van der Waals surface area contributed by atoms with Crippen LogP contribution >= 0.6 is 0 Å². The average molecular weight is 344 g/mol. The van der Waals surface area contributed by atoms with Crippen LogP contribution in [0.1, 0.15) is 64.7 Å². The maximum Gasteiger partial charge on any atom is 0.114 e. The van der Waals surface area contributed by atoms with Gasteiger partial charge in [-0.25, -0.2) is 0 Å². The maximum atomic E-state index is 9.94. The SMILES string of the molecule is CCCCCCCC/C=C/CCCO[C@H]1[C@H](O)[C@@H](O)CO[C@@H]1CO. The lowest BCUT2D eigenvalue weighted by molar-refractivity contribution is -0.211. The van der Waals surface area contributed by atoms with Gasteiger partial charge in [0, 0.05) is 6.61 Å². The zero-order chi connectivity index (χ0) is 17.6. The largest absolute Gasteiger partial charge is 0.394 e. The molecule has 1 saturated heterocycles. The Balaban J connectivity index is 2.03. The minimum atomic E-state index is -1.00. The summed E-state index contributed by atoms with van der Waals surface area (Å²) < 4.78 is 10.9. The highest BCUT2D eigenvalue weighted by molar-refractivity contribution is 4.88. The van der Waals surface area contributed by atoms with Crippen LogP contribution in [0.5, 0.6) is 0 Å². The van der Waals surface area contributed by atoms with Crippen molar-refractivity contribution < 1.29 is 24.8 Å². The fraction of sp³-hybridized carbons (Fsp3) is 0.895. The molecular weight excluding hydrogens is 308 g/mol. The van der Waals surface area contributed by atoms with Gasteiger partial charge in [-0.15, -0.1) is 0 Å². The van der Waals surface area contributed by atoms with Gasteiger partial charge in [-0.3, -0.25) is 0 Å². The molecule has 1 aliphatic rings. The number of rotatable bonds is 13. The van der Waals surface area contributed by atoms with Gasteiger partial charge in [-0.1, -0.05) is 51.2 Å². The first-order valence-corrected chi connectivity index (χ1v) is 9.55. The molecule has 4 atom stereocenters. The number of aliphatic hydroxyl groups is 3. The summed E-state index contributed by atoms with van der Waals surface area (Å²) in [4.78, 5) is 0. The normalized spacial score (nSPS) is 27.8. The van der Waals surface area contributed by atoms with Crippen LogP contribution in [-0.2, 0) is 9.47 Å². The van der Waals surface area contributed by atoms with Crippen LogP contribution in [0.4, 0.5) is 0 Å². The molecule has 0 aromatic rings. The second-order valence-electron chi connectivity index (χ2n) is 6.62. The van der Waals surface area contributed by atoms with E-state index in [1.807, 2.05) is 0 Å². The summed E-state index contributed by atoms with van der Waals surface area (Å²) in [5.74, 6) is 0. The Bertz CT molecular complexity index is 319. The topological polar surface area (TPSA) is 79.2 Å². The van der Waals surface area contributed by atoms with Gasteiger partial charge in [0.1, 0.15) is 24.4 Å². The maximum absolute atomic E-state index is 9.94. The molecule has 0 unspecified atom stereocenters. The lowest BCUT2D eigenvalue weighted by atomic mass is 10.0. The molecular formula is C19H36O5. The molecule has 24 heavy (non-hydrogen) atoms. The molecule has 1 fully saturated rings. The predicted octanol–water partition coefficient (Wildman–Crippen LogP) is 2.57. The fourth-order valence-electron chi connectivity index (χ4n) is 2.92. The van der Waals surface area contributed by atoms with Crippen molar-refractivity contribution in [2.75, 3.05) is 19.8 Å². The zero-order valence-corrected chi connectivity index (χ0v) is 15.1. The van der Waals surface area contributed by atoms with E-state index < -0.39 is 24.4 Å². The first-order chi connectivity index (χ1) is 11.7. The summed E-state index contributed by atoms with van der Waals surface area (Å²) in [6.07, 6.45) is 12.1. The van der Waals surface area contributed by atoms with Crippen molar-refractivity contribution in [3.63, 3.8) is 0 Å². The predicted molar refractivity (Wildman–Crippen MR) is 94.9 cm³/mol. The van der Waals surface area contributed by atoms with Crippen LogP contribution in [-0.4, -0.2) is 59.6 Å². The van der Waals surface area contributed by atoms with E-state index in [2.05, 4.69) is 19.1 Å². The Morgan fingerprint density at radius 3 is 2.38 bits per heavy atom. The van der Waals surface area contributed by atoms with Crippen molar-refractivity contribution in [1.29, 1.82) is 0 Å². The summed E-state index contributed by atoms with van der Waals surface area (Å²) in [7, 11) is 0. The van der Waals surface area contributed by atoms with Crippen LogP contribution in [0, 0.1) is 0 Å². The number of ether oxygens (including phenoxy) is 2. The molecule has 3 N–H and O–H groups in total. The molecule has 5 nitrogen and oxygen atoms in total. The quantitative estimate of drug-likeness (QED) is 0.353. The third-order valence-electron chi connectivity index (χ3n) is 4.47. The molecule has 1 rings (SSSR count). The van der Waals surface area contributed by atoms with Gasteiger partial charge in [0.15, 0.2) is 0 Å². The van der Waals surface area contributed by atoms with E-state index in [1.165, 1.54) is 38.5 Å². The Hall–Kier alpha value is -0.460. The molecule has 0 bridgehead atoms. The second kappa shape index (κ2) is 13.8. The highest BCUT2D eigenvalue weighted by atomic mass is 16.6. The van der Waals surface area contributed by atoms with E-state index in [4.69, 9.17) is 9.47 Å². The molecule has 1 aliphatic heterocycles. The van der Waals surface area contributed by atoms with Gasteiger partial charge in [-0.05, 0) is 25.7 Å². The molecule has 0 spiro atoms. The Morgan fingerprint density at radius 1 is 1.00 bits per heavy atom. The van der Waals surface area contributed by atoms with E-state index in [0.717, 1.165) is 19.3 Å². The molecule has 0 amide bonds. The lowest BCUT2D eigenvalue weighted by Crippen LogP contribution is -2.55. The summed E-state index contributed by atoms with van der Waals surface area (Å²) in [6, 6.07) is 0. The Morgan fingerprint density at radius 2 is 1.67 bits per heavy atom. The van der Waals surface area contributed by atoms with Crippen molar-refractivity contribution in [2.45, 2.75) is 89.1 Å². The zero-order valence-electron chi connectivity index (χ0n) is 15.1. The third kappa shape index (κ3) is 8.58. The van der Waals surface area contributed by atoms with E-state index in [1.54, 1.807) is 0 Å². The number of allylic oxidation sites excluding steroid dienone is 2. The highest BCUT2D eigenvalue weighted by Gasteiger charge is 2.39. The number of aliphatic hydroxyl groups excluding tert-OH is 3. The first kappa shape index (κ1) is 21.6. The Labute approximate surface area is 146 Å². The van der Waals surface area contributed by atoms with Gasteiger partial charge in [0.2, 0.25) is 0 Å². The molecule has 0 aliphatic carbocycles. The van der Waals surface area contributed by atoms with Gasteiger partial charge < -0.3 is 24.8 Å². The molecule has 5 heteroatoms. The van der Waals surface area contributed by atoms with Crippen LogP contribution in [0.25, 0.3) is 0 Å². The van der Waals surface area contributed by atoms with Crippen LogP contribution < -0.4 is 0 Å². The lowest BCUT2D eigenvalue weighted by Gasteiger charge is -2.37. The highest BCUT2D eigenvalue weighted by Crippen LogP contribution is 2.19. The smallest absolute Gasteiger partial charge is 0.114 e. The van der Waals surface area contributed by atoms with Crippen molar-refractivity contribution in [3.05, 3.63) is 12.2 Å². The van der Waals surface area contributed by atoms with E-state index in [0.29, 0.717) is 6.61 Å². The van der Waals surface area contributed by atoms with Crippen molar-refractivity contribution >= 4 is 0 Å². The molecule has 1 heterocycles. The average Bonchev–Trinajstić information content (AvgIpc) is 2.59. The molecule has 0 saturated carbocycles. The molecule has 0 aromatic carbocycles. The fourth-order valence-corrected chi connectivity index (χ4v) is 2.92. The van der Waals surface area contributed by atoms with E-state index in [-0.39, 0.29) is 13.2 Å². The van der Waals surface area contributed by atoms with Gasteiger partial charge >= 0.3 is 0 Å². The molecule has 0 aromatic heterocycles. The van der Waals surface area contributed by atoms with Crippen LogP contribution in [0.2, 0.25) is 0 Å². The monoisotopic (exact) mass is 344 g/mol. The van der Waals surface area contributed by atoms with Gasteiger partial charge in [0.25, 0.3) is 0 Å². The summed E-state index contributed by atoms with van der Waals surface area (Å²) in [5, 5.41) is 28.8. The van der Waals surface area contributed by atoms with Crippen LogP contribution in [0.15, 0.2) is 12.2 Å². The second-order valence-corrected chi connectivity index (χ2v) is 6.62. The Kier molecular flexibility index (Phi) is 12.4. The number of hydrogen-bond acceptors (Lipinski definition) is 5. The van der Waals surface area contributed by atoms with Crippen LogP contribution in [0.3, 0.4) is 0 Å². The van der Waals surface area contributed by atoms with Gasteiger partial charge in [-0.2, -0.15) is 0 Å². The summed E-state index contributed by atoms with van der Waals surface area (Å²) >= 11 is 0. The summed E-state index contributed by atoms with van der Waals surface area (Å²) in [5.41, 5.74) is 0. The first-order valence-electron chi connectivity index (χ1n) is 9.55. The van der Waals surface area contributed by atoms with Gasteiger partial charge in [0.05, 0.1) is 13.2 Å². The number of unbranched alkanes of at least 4 members (excludes halogenated alkanes) is 7. The minimum absolute atomic E-state index is 0.0352. The van der Waals surface area contributed by atoms with Crippen molar-refractivity contribution in [2.24, 2.45) is 0 Å².